The van der Waals surface area contributed by atoms with Crippen molar-refractivity contribution in [3.63, 3.8) is 0 Å². The van der Waals surface area contributed by atoms with Gasteiger partial charge in [0.15, 0.2) is 0 Å². The summed E-state index contributed by atoms with van der Waals surface area (Å²) in [4.78, 5) is 9.53. The topological polar surface area (TPSA) is 80.5 Å². The molecule has 0 unspecified atom stereocenters. The molecular weight excluding hydrogens is 244 g/mol. The standard InChI is InChI=1S/C7H7ClN2O4S/c1-9(8)15(13,14)7-4-2-3-6(5-7)10(11)12/h2-5H,1H3. The van der Waals surface area contributed by atoms with E-state index in [0.717, 1.165) is 13.1 Å². The van der Waals surface area contributed by atoms with Crippen LogP contribution in [-0.4, -0.2) is 24.2 Å². The minimum atomic E-state index is -3.84. The van der Waals surface area contributed by atoms with Crippen molar-refractivity contribution in [3.8, 4) is 0 Å². The number of halogens is 1. The van der Waals surface area contributed by atoms with Gasteiger partial charge in [-0.15, -0.1) is 3.82 Å². The van der Waals surface area contributed by atoms with Gasteiger partial charge in [0.25, 0.3) is 15.7 Å². The average molecular weight is 251 g/mol. The SMILES string of the molecule is CN(Cl)S(=O)(=O)c1cccc([N+](=O)[O-])c1. The first-order valence-electron chi connectivity index (χ1n) is 3.75. The predicted molar refractivity (Wildman–Crippen MR) is 53.9 cm³/mol. The highest BCUT2D eigenvalue weighted by atomic mass is 35.5. The molecule has 0 aliphatic rings. The van der Waals surface area contributed by atoms with E-state index in [-0.39, 0.29) is 10.6 Å². The van der Waals surface area contributed by atoms with Crippen molar-refractivity contribution in [2.75, 3.05) is 7.05 Å². The summed E-state index contributed by atoms with van der Waals surface area (Å²) in [6, 6.07) is 4.67. The van der Waals surface area contributed by atoms with E-state index in [0.29, 0.717) is 3.82 Å². The van der Waals surface area contributed by atoms with Crippen LogP contribution in [-0.2, 0) is 10.0 Å². The molecule has 0 aliphatic heterocycles. The largest absolute Gasteiger partial charge is 0.270 e. The number of nitrogens with zero attached hydrogens (tertiary/aromatic N) is 2. The first kappa shape index (κ1) is 11.9. The summed E-state index contributed by atoms with van der Waals surface area (Å²) in [5.41, 5.74) is -0.297. The third kappa shape index (κ3) is 2.44. The Labute approximate surface area is 91.4 Å². The Bertz CT molecular complexity index is 486. The third-order valence-corrected chi connectivity index (χ3v) is 3.71. The Balaban J connectivity index is 3.29. The second kappa shape index (κ2) is 4.13. The lowest BCUT2D eigenvalue weighted by molar-refractivity contribution is -0.385. The molecule has 0 bridgehead atoms. The maximum atomic E-state index is 11.5. The minimum Gasteiger partial charge on any atom is -0.258 e. The molecule has 82 valence electrons. The number of nitro benzene ring substituents is 1. The zero-order valence-corrected chi connectivity index (χ0v) is 9.20. The van der Waals surface area contributed by atoms with E-state index in [1.165, 1.54) is 18.2 Å². The summed E-state index contributed by atoms with van der Waals surface area (Å²) >= 11 is 5.31. The molecule has 0 radical (unpaired) electrons. The number of benzene rings is 1. The number of nitro groups is 1. The van der Waals surface area contributed by atoms with E-state index in [9.17, 15) is 18.5 Å². The van der Waals surface area contributed by atoms with E-state index in [1.54, 1.807) is 0 Å². The Morgan fingerprint density at radius 2 is 2.07 bits per heavy atom. The van der Waals surface area contributed by atoms with Crippen molar-refractivity contribution < 1.29 is 13.3 Å². The van der Waals surface area contributed by atoms with Crippen LogP contribution in [0.5, 0.6) is 0 Å². The van der Waals surface area contributed by atoms with Crippen LogP contribution >= 0.6 is 11.8 Å². The van der Waals surface area contributed by atoms with Gasteiger partial charge in [-0.25, -0.2) is 8.42 Å². The molecule has 0 saturated heterocycles. The maximum Gasteiger partial charge on any atom is 0.270 e. The highest BCUT2D eigenvalue weighted by Crippen LogP contribution is 2.20. The first-order valence-corrected chi connectivity index (χ1v) is 5.52. The lowest BCUT2D eigenvalue weighted by atomic mass is 10.3. The number of non-ortho nitro benzene ring substituents is 1. The fourth-order valence-corrected chi connectivity index (χ4v) is 1.95. The maximum absolute atomic E-state index is 11.5. The fraction of sp³-hybridized carbons (Fsp3) is 0.143. The molecule has 1 rings (SSSR count). The molecule has 1 aromatic carbocycles. The molecule has 0 aliphatic carbocycles. The summed E-state index contributed by atoms with van der Waals surface area (Å²) in [5, 5.41) is 10.4. The van der Waals surface area contributed by atoms with Gasteiger partial charge in [-0.1, -0.05) is 6.07 Å². The number of sulfonamides is 1. The van der Waals surface area contributed by atoms with Gasteiger partial charge in [0.05, 0.1) is 9.82 Å². The van der Waals surface area contributed by atoms with E-state index < -0.39 is 14.9 Å². The van der Waals surface area contributed by atoms with Crippen LogP contribution in [0.4, 0.5) is 5.69 Å². The Morgan fingerprint density at radius 1 is 1.47 bits per heavy atom. The van der Waals surface area contributed by atoms with Crippen molar-refractivity contribution in [2.24, 2.45) is 0 Å². The van der Waals surface area contributed by atoms with Crippen LogP contribution in [0.15, 0.2) is 29.2 Å². The van der Waals surface area contributed by atoms with E-state index in [1.807, 2.05) is 0 Å². The smallest absolute Gasteiger partial charge is 0.258 e. The van der Waals surface area contributed by atoms with E-state index in [2.05, 4.69) is 0 Å². The summed E-state index contributed by atoms with van der Waals surface area (Å²) < 4.78 is 23.4. The van der Waals surface area contributed by atoms with Gasteiger partial charge in [0, 0.05) is 19.2 Å². The van der Waals surface area contributed by atoms with Crippen LogP contribution in [0.25, 0.3) is 0 Å². The van der Waals surface area contributed by atoms with Crippen LogP contribution in [0.1, 0.15) is 0 Å². The molecule has 1 aromatic rings. The zero-order chi connectivity index (χ0) is 11.6. The average Bonchev–Trinajstić information content (AvgIpc) is 2.17. The van der Waals surface area contributed by atoms with E-state index >= 15 is 0 Å². The molecule has 0 aromatic heterocycles. The molecule has 0 saturated carbocycles. The molecule has 15 heavy (non-hydrogen) atoms. The fourth-order valence-electron chi connectivity index (χ4n) is 0.903. The minimum absolute atomic E-state index is 0.214. The Hall–Kier alpha value is -1.18. The predicted octanol–water partition coefficient (Wildman–Crippen LogP) is 1.37. The highest BCUT2D eigenvalue weighted by molar-refractivity contribution is 7.90. The zero-order valence-electron chi connectivity index (χ0n) is 7.62. The quantitative estimate of drug-likeness (QED) is 0.461. The summed E-state index contributed by atoms with van der Waals surface area (Å²) in [7, 11) is -2.70. The Morgan fingerprint density at radius 3 is 2.53 bits per heavy atom. The number of rotatable bonds is 3. The van der Waals surface area contributed by atoms with Gasteiger partial charge in [-0.2, -0.15) is 0 Å². The van der Waals surface area contributed by atoms with Gasteiger partial charge in [-0.05, 0) is 17.8 Å². The molecule has 0 atom stereocenters. The van der Waals surface area contributed by atoms with Gasteiger partial charge >= 0.3 is 0 Å². The van der Waals surface area contributed by atoms with Crippen molar-refractivity contribution in [1.29, 1.82) is 0 Å². The molecule has 6 nitrogen and oxygen atoms in total. The second-order valence-electron chi connectivity index (χ2n) is 2.65. The van der Waals surface area contributed by atoms with Crippen LogP contribution in [0, 0.1) is 10.1 Å². The van der Waals surface area contributed by atoms with Crippen LogP contribution < -0.4 is 0 Å². The van der Waals surface area contributed by atoms with Crippen molar-refractivity contribution >= 4 is 27.5 Å². The number of hydrogen-bond donors (Lipinski definition) is 0. The van der Waals surface area contributed by atoms with Gasteiger partial charge in [-0.3, -0.25) is 10.1 Å². The first-order chi connectivity index (χ1) is 6.85. The summed E-state index contributed by atoms with van der Waals surface area (Å²) in [6.45, 7) is 0. The van der Waals surface area contributed by atoms with Gasteiger partial charge < -0.3 is 0 Å². The van der Waals surface area contributed by atoms with E-state index in [4.69, 9.17) is 11.8 Å². The third-order valence-electron chi connectivity index (χ3n) is 1.66. The second-order valence-corrected chi connectivity index (χ2v) is 5.33. The Kier molecular flexibility index (Phi) is 3.28. The molecule has 0 N–H and O–H groups in total. The van der Waals surface area contributed by atoms with Gasteiger partial charge in [0.2, 0.25) is 0 Å². The molecule has 0 heterocycles. The highest BCUT2D eigenvalue weighted by Gasteiger charge is 2.21. The number of hydrogen-bond acceptors (Lipinski definition) is 4. The van der Waals surface area contributed by atoms with Crippen LogP contribution in [0.2, 0.25) is 0 Å². The molecule has 8 heteroatoms. The summed E-state index contributed by atoms with van der Waals surface area (Å²) in [5.74, 6) is 0. The van der Waals surface area contributed by atoms with Crippen molar-refractivity contribution in [2.45, 2.75) is 4.90 Å². The molecule has 0 spiro atoms. The molecule has 0 fully saturated rings. The monoisotopic (exact) mass is 250 g/mol. The lowest BCUT2D eigenvalue weighted by Crippen LogP contribution is -2.17. The van der Waals surface area contributed by atoms with Gasteiger partial charge in [0.1, 0.15) is 0 Å². The van der Waals surface area contributed by atoms with Crippen molar-refractivity contribution in [1.82, 2.24) is 3.82 Å². The molecular formula is C7H7ClN2O4S. The summed E-state index contributed by atoms with van der Waals surface area (Å²) in [6.07, 6.45) is 0. The molecule has 0 amide bonds. The normalized spacial score (nSPS) is 11.7. The lowest BCUT2D eigenvalue weighted by Gasteiger charge is -2.07. The van der Waals surface area contributed by atoms with Crippen LogP contribution in [0.3, 0.4) is 0 Å². The van der Waals surface area contributed by atoms with Crippen molar-refractivity contribution in [3.05, 3.63) is 34.4 Å².